The molecule has 0 radical (unpaired) electrons. The lowest BCUT2D eigenvalue weighted by Gasteiger charge is -2.35. The molecule has 4 amide bonds. The monoisotopic (exact) mass is 639 g/mol. The first kappa shape index (κ1) is 31.7. The Labute approximate surface area is 255 Å². The zero-order chi connectivity index (χ0) is 32.3. The molecule has 3 fully saturated rings. The number of aromatic nitrogens is 1. The second-order valence-corrected chi connectivity index (χ2v) is 13.0. The van der Waals surface area contributed by atoms with Crippen molar-refractivity contribution in [3.05, 3.63) is 29.1 Å². The molecule has 15 heteroatoms. The van der Waals surface area contributed by atoms with E-state index in [1.807, 2.05) is 13.8 Å². The molecule has 238 valence electrons. The maximum absolute atomic E-state index is 14.0. The molecule has 2 saturated heterocycles. The lowest BCUT2D eigenvalue weighted by molar-refractivity contribution is -0.175. The van der Waals surface area contributed by atoms with Gasteiger partial charge in [0.05, 0.1) is 11.1 Å². The van der Waals surface area contributed by atoms with Gasteiger partial charge in [0.1, 0.15) is 17.6 Å². The van der Waals surface area contributed by atoms with Crippen molar-refractivity contribution in [1.82, 2.24) is 25.8 Å². The number of para-hydroxylation sites is 1. The normalized spacial score (nSPS) is 25.4. The first-order valence-electron chi connectivity index (χ1n) is 14.4. The average Bonchev–Trinajstić information content (AvgIpc) is 3.46. The number of alkyl halides is 3. The summed E-state index contributed by atoms with van der Waals surface area (Å²) in [4.78, 5) is 70.9. The average molecular weight is 640 g/mol. The van der Waals surface area contributed by atoms with E-state index in [0.717, 1.165) is 0 Å². The Morgan fingerprint density at radius 1 is 1.20 bits per heavy atom. The van der Waals surface area contributed by atoms with Crippen molar-refractivity contribution in [2.75, 3.05) is 13.1 Å². The van der Waals surface area contributed by atoms with E-state index >= 15 is 0 Å². The minimum Gasteiger partial charge on any atom is -0.434 e. The third kappa shape index (κ3) is 5.75. The van der Waals surface area contributed by atoms with Crippen LogP contribution in [0.3, 0.4) is 0 Å². The molecule has 5 rings (SSSR count). The maximum Gasteiger partial charge on any atom is 0.471 e. The number of nitrogens with one attached hydrogen (secondary N) is 3. The van der Waals surface area contributed by atoms with Crippen molar-refractivity contribution in [2.24, 2.45) is 29.1 Å². The van der Waals surface area contributed by atoms with Crippen molar-refractivity contribution in [2.45, 2.75) is 64.8 Å². The quantitative estimate of drug-likeness (QED) is 0.357. The highest BCUT2D eigenvalue weighted by Crippen LogP contribution is 2.65. The highest BCUT2D eigenvalue weighted by molar-refractivity contribution is 6.34. The molecule has 2 aromatic rings. The third-order valence-electron chi connectivity index (χ3n) is 9.13. The van der Waals surface area contributed by atoms with E-state index in [2.05, 4.69) is 15.6 Å². The SMILES string of the molecule is CC(C)[C@H](NC(=O)C(F)(F)F)C(=O)N1CC2C(C1C(=O)N[C@@H](C[C@@H]1CCNC1=O)C(=O)c1nc3c(Cl)cccc3o1)C2(C)C. The molecule has 1 aliphatic carbocycles. The third-order valence-corrected chi connectivity index (χ3v) is 9.44. The van der Waals surface area contributed by atoms with Gasteiger partial charge in [-0.1, -0.05) is 45.4 Å². The van der Waals surface area contributed by atoms with E-state index in [9.17, 15) is 37.1 Å². The second kappa shape index (κ2) is 11.4. The van der Waals surface area contributed by atoms with E-state index in [4.69, 9.17) is 16.0 Å². The van der Waals surface area contributed by atoms with Gasteiger partial charge in [0.25, 0.3) is 5.89 Å². The van der Waals surface area contributed by atoms with Crippen LogP contribution in [0.15, 0.2) is 22.6 Å². The molecule has 1 saturated carbocycles. The van der Waals surface area contributed by atoms with Crippen LogP contribution in [-0.4, -0.2) is 76.7 Å². The smallest absolute Gasteiger partial charge is 0.434 e. The van der Waals surface area contributed by atoms with E-state index in [-0.39, 0.29) is 58.1 Å². The molecule has 3 unspecified atom stereocenters. The summed E-state index contributed by atoms with van der Waals surface area (Å²) in [5.74, 6) is -6.86. The van der Waals surface area contributed by atoms with Crippen molar-refractivity contribution in [3.63, 3.8) is 0 Å². The Kier molecular flexibility index (Phi) is 8.19. The molecule has 0 spiro atoms. The molecular formula is C29H33ClF3N5O6. The minimum absolute atomic E-state index is 0.0721. The lowest BCUT2D eigenvalue weighted by Crippen LogP contribution is -2.59. The highest BCUT2D eigenvalue weighted by Gasteiger charge is 2.69. The van der Waals surface area contributed by atoms with E-state index in [1.165, 1.54) is 18.7 Å². The van der Waals surface area contributed by atoms with Crippen LogP contribution >= 0.6 is 11.6 Å². The molecule has 3 N–H and O–H groups in total. The fraction of sp³-hybridized carbons (Fsp3) is 0.586. The number of hydrogen-bond donors (Lipinski definition) is 3. The van der Waals surface area contributed by atoms with Gasteiger partial charge in [0.15, 0.2) is 5.58 Å². The largest absolute Gasteiger partial charge is 0.471 e. The topological polar surface area (TPSA) is 151 Å². The zero-order valence-electron chi connectivity index (χ0n) is 24.5. The van der Waals surface area contributed by atoms with Crippen molar-refractivity contribution in [3.8, 4) is 0 Å². The lowest BCUT2D eigenvalue weighted by atomic mass is 9.94. The van der Waals surface area contributed by atoms with Crippen LogP contribution < -0.4 is 16.0 Å². The van der Waals surface area contributed by atoms with Gasteiger partial charge in [-0.15, -0.1) is 0 Å². The van der Waals surface area contributed by atoms with Crippen LogP contribution in [-0.2, 0) is 19.2 Å². The number of ketones is 1. The molecule has 11 nitrogen and oxygen atoms in total. The fourth-order valence-electron chi connectivity index (χ4n) is 6.54. The Hall–Kier alpha value is -3.68. The van der Waals surface area contributed by atoms with Crippen LogP contribution in [0.25, 0.3) is 11.1 Å². The van der Waals surface area contributed by atoms with Crippen molar-refractivity contribution >= 4 is 52.1 Å². The number of Topliss-reactive ketones (excluding diaryl/α,β-unsaturated/α-hetero) is 1. The van der Waals surface area contributed by atoms with Gasteiger partial charge in [-0.2, -0.15) is 13.2 Å². The predicted molar refractivity (Wildman–Crippen MR) is 150 cm³/mol. The molecular weight excluding hydrogens is 607 g/mol. The second-order valence-electron chi connectivity index (χ2n) is 12.6. The molecule has 2 aliphatic heterocycles. The fourth-order valence-corrected chi connectivity index (χ4v) is 6.75. The van der Waals surface area contributed by atoms with Gasteiger partial charge in [-0.3, -0.25) is 24.0 Å². The van der Waals surface area contributed by atoms with Gasteiger partial charge >= 0.3 is 12.1 Å². The maximum atomic E-state index is 14.0. The van der Waals surface area contributed by atoms with Gasteiger partial charge in [0, 0.05) is 19.0 Å². The first-order chi connectivity index (χ1) is 20.5. The molecule has 3 heterocycles. The Morgan fingerprint density at radius 2 is 1.91 bits per heavy atom. The number of benzene rings is 1. The van der Waals surface area contributed by atoms with Crippen LogP contribution in [0.1, 0.15) is 51.2 Å². The Morgan fingerprint density at radius 3 is 2.50 bits per heavy atom. The summed E-state index contributed by atoms with van der Waals surface area (Å²) in [7, 11) is 0. The molecule has 6 atom stereocenters. The van der Waals surface area contributed by atoms with Crippen molar-refractivity contribution in [1.29, 1.82) is 0 Å². The number of amides is 4. The molecule has 3 aliphatic rings. The number of fused-ring (bicyclic) bond motifs is 2. The first-order valence-corrected chi connectivity index (χ1v) is 14.8. The van der Waals surface area contributed by atoms with Crippen LogP contribution in [0.5, 0.6) is 0 Å². The zero-order valence-corrected chi connectivity index (χ0v) is 25.2. The van der Waals surface area contributed by atoms with E-state index < -0.39 is 59.6 Å². The van der Waals surface area contributed by atoms with Crippen LogP contribution in [0, 0.1) is 29.1 Å². The summed E-state index contributed by atoms with van der Waals surface area (Å²) in [6.45, 7) is 7.31. The van der Waals surface area contributed by atoms with Gasteiger partial charge < -0.3 is 25.3 Å². The number of nitrogens with zero attached hydrogens (tertiary/aromatic N) is 2. The summed E-state index contributed by atoms with van der Waals surface area (Å²) >= 11 is 6.20. The Balaban J connectivity index is 1.43. The summed E-state index contributed by atoms with van der Waals surface area (Å²) in [5.41, 5.74) is 0.140. The Bertz CT molecular complexity index is 1520. The standard InChI is InChI=1S/C29H33ClF3N5O6/c1-12(2)19(37-27(43)29(31,32)33)26(42)38-11-14-18(28(14,3)4)21(38)24(41)35-16(10-13-8-9-34-23(13)40)22(39)25-36-20-15(30)6-5-7-17(20)44-25/h5-7,12-14,16,18-19,21H,8-11H2,1-4H3,(H,34,40)(H,35,41)(H,37,43)/t13-,14?,16-,18?,19-,21?/m0/s1. The van der Waals surface area contributed by atoms with Crippen LogP contribution in [0.4, 0.5) is 13.2 Å². The summed E-state index contributed by atoms with van der Waals surface area (Å²) < 4.78 is 44.8. The number of hydrogen-bond acceptors (Lipinski definition) is 7. The predicted octanol–water partition coefficient (Wildman–Crippen LogP) is 2.86. The summed E-state index contributed by atoms with van der Waals surface area (Å²) in [5, 5.41) is 7.44. The molecule has 44 heavy (non-hydrogen) atoms. The van der Waals surface area contributed by atoms with E-state index in [1.54, 1.807) is 23.5 Å². The number of piperidine rings is 1. The number of oxazole rings is 1. The summed E-state index contributed by atoms with van der Waals surface area (Å²) in [6.07, 6.45) is -4.84. The minimum atomic E-state index is -5.20. The molecule has 1 aromatic carbocycles. The molecule has 0 bridgehead atoms. The van der Waals surface area contributed by atoms with E-state index in [0.29, 0.717) is 13.0 Å². The van der Waals surface area contributed by atoms with Crippen molar-refractivity contribution < 1.29 is 41.6 Å². The van der Waals surface area contributed by atoms with Gasteiger partial charge in [-0.25, -0.2) is 4.98 Å². The van der Waals surface area contributed by atoms with Crippen LogP contribution in [0.2, 0.25) is 5.02 Å². The molecule has 1 aromatic heterocycles. The van der Waals surface area contributed by atoms with Gasteiger partial charge in [-0.05, 0) is 48.1 Å². The number of likely N-dealkylation sites (tertiary alicyclic amines) is 1. The summed E-state index contributed by atoms with van der Waals surface area (Å²) in [6, 6.07) is 0.827. The number of carbonyl (C=O) groups is 5. The number of halogens is 4. The highest BCUT2D eigenvalue weighted by atomic mass is 35.5. The van der Waals surface area contributed by atoms with Gasteiger partial charge in [0.2, 0.25) is 23.5 Å². The number of rotatable bonds is 9. The number of carbonyl (C=O) groups excluding carboxylic acids is 5.